The third-order valence-electron chi connectivity index (χ3n) is 4.55. The van der Waals surface area contributed by atoms with Crippen LogP contribution in [0.25, 0.3) is 0 Å². The average Bonchev–Trinajstić information content (AvgIpc) is 2.74. The highest BCUT2D eigenvalue weighted by molar-refractivity contribution is 7.89. The molecule has 0 saturated carbocycles. The summed E-state index contributed by atoms with van der Waals surface area (Å²) in [7, 11) is -3.69. The fourth-order valence-electron chi connectivity index (χ4n) is 2.87. The van der Waals surface area contributed by atoms with Gasteiger partial charge in [0.25, 0.3) is 5.91 Å². The monoisotopic (exact) mass is 424 g/mol. The van der Waals surface area contributed by atoms with Crippen LogP contribution in [0.1, 0.15) is 24.1 Å². The molecule has 0 bridgehead atoms. The molecule has 3 aromatic carbocycles. The zero-order valence-electron chi connectivity index (χ0n) is 16.8. The molecular weight excluding hydrogens is 400 g/mol. The molecule has 7 heteroatoms. The van der Waals surface area contributed by atoms with Crippen LogP contribution in [-0.2, 0) is 14.8 Å². The van der Waals surface area contributed by atoms with E-state index in [2.05, 4.69) is 10.0 Å². The van der Waals surface area contributed by atoms with Crippen molar-refractivity contribution in [3.63, 3.8) is 0 Å². The fraction of sp³-hybridized carbons (Fsp3) is 0.174. The summed E-state index contributed by atoms with van der Waals surface area (Å²) in [6.07, 6.45) is 0. The van der Waals surface area contributed by atoms with Gasteiger partial charge < -0.3 is 10.1 Å². The number of carbonyl (C=O) groups excluding carboxylic acids is 1. The summed E-state index contributed by atoms with van der Waals surface area (Å²) in [5.74, 6) is 0.115. The van der Waals surface area contributed by atoms with Gasteiger partial charge >= 0.3 is 0 Å². The highest BCUT2D eigenvalue weighted by atomic mass is 32.2. The molecule has 0 saturated heterocycles. The van der Waals surface area contributed by atoms with Crippen LogP contribution < -0.4 is 14.8 Å². The van der Waals surface area contributed by atoms with Crippen LogP contribution in [0, 0.1) is 6.92 Å². The van der Waals surface area contributed by atoms with Crippen molar-refractivity contribution in [1.82, 2.24) is 4.72 Å². The normalized spacial score (nSPS) is 12.2. The van der Waals surface area contributed by atoms with Crippen LogP contribution in [0.4, 0.5) is 5.69 Å². The molecule has 30 heavy (non-hydrogen) atoms. The lowest BCUT2D eigenvalue weighted by atomic mass is 10.1. The van der Waals surface area contributed by atoms with Gasteiger partial charge in [-0.2, -0.15) is 0 Å². The lowest BCUT2D eigenvalue weighted by Crippen LogP contribution is -2.26. The second kappa shape index (κ2) is 9.56. The Labute approximate surface area is 177 Å². The highest BCUT2D eigenvalue weighted by Crippen LogP contribution is 2.20. The molecule has 1 atom stereocenters. The topological polar surface area (TPSA) is 84.5 Å². The number of sulfonamides is 1. The summed E-state index contributed by atoms with van der Waals surface area (Å²) in [6.45, 7) is 3.52. The average molecular weight is 425 g/mol. The van der Waals surface area contributed by atoms with Gasteiger partial charge in [0.05, 0.1) is 4.90 Å². The molecule has 0 aliphatic carbocycles. The van der Waals surface area contributed by atoms with E-state index in [1.54, 1.807) is 6.92 Å². The number of aryl methyl sites for hydroxylation is 1. The number of anilines is 1. The van der Waals surface area contributed by atoms with Crippen molar-refractivity contribution in [3.8, 4) is 5.75 Å². The summed E-state index contributed by atoms with van der Waals surface area (Å²) in [4.78, 5) is 12.2. The van der Waals surface area contributed by atoms with Crippen molar-refractivity contribution in [2.24, 2.45) is 0 Å². The molecule has 0 aromatic heterocycles. The summed E-state index contributed by atoms with van der Waals surface area (Å²) in [5, 5.41) is 2.78. The molecule has 0 radical (unpaired) electrons. The van der Waals surface area contributed by atoms with Crippen molar-refractivity contribution in [2.75, 3.05) is 11.9 Å². The first-order valence-electron chi connectivity index (χ1n) is 9.51. The molecule has 0 fully saturated rings. The van der Waals surface area contributed by atoms with Crippen LogP contribution in [0.5, 0.6) is 5.75 Å². The van der Waals surface area contributed by atoms with E-state index in [0.29, 0.717) is 5.75 Å². The molecule has 0 heterocycles. The molecule has 0 aliphatic heterocycles. The molecule has 0 unspecified atom stereocenters. The zero-order chi connectivity index (χ0) is 21.6. The maximum Gasteiger partial charge on any atom is 0.262 e. The second-order valence-electron chi connectivity index (χ2n) is 6.88. The van der Waals surface area contributed by atoms with Gasteiger partial charge in [0.2, 0.25) is 10.0 Å². The third kappa shape index (κ3) is 5.68. The van der Waals surface area contributed by atoms with Gasteiger partial charge in [-0.25, -0.2) is 13.1 Å². The van der Waals surface area contributed by atoms with E-state index in [0.717, 1.165) is 16.8 Å². The molecule has 6 nitrogen and oxygen atoms in total. The third-order valence-corrected chi connectivity index (χ3v) is 6.11. The fourth-order valence-corrected chi connectivity index (χ4v) is 4.11. The van der Waals surface area contributed by atoms with Gasteiger partial charge in [-0.3, -0.25) is 4.79 Å². The van der Waals surface area contributed by atoms with Gasteiger partial charge in [-0.05, 0) is 55.3 Å². The first-order chi connectivity index (χ1) is 14.3. The maximum absolute atomic E-state index is 12.6. The lowest BCUT2D eigenvalue weighted by molar-refractivity contribution is -0.118. The van der Waals surface area contributed by atoms with Crippen molar-refractivity contribution in [1.29, 1.82) is 0 Å². The van der Waals surface area contributed by atoms with Crippen LogP contribution in [0.15, 0.2) is 83.8 Å². The Balaban J connectivity index is 1.57. The van der Waals surface area contributed by atoms with Crippen LogP contribution in [0.3, 0.4) is 0 Å². The second-order valence-corrected chi connectivity index (χ2v) is 8.59. The molecular formula is C23H24N2O4S. The minimum absolute atomic E-state index is 0.127. The summed E-state index contributed by atoms with van der Waals surface area (Å²) in [6, 6.07) is 22.4. The molecule has 1 amide bonds. The van der Waals surface area contributed by atoms with Gasteiger partial charge in [-0.15, -0.1) is 0 Å². The zero-order valence-corrected chi connectivity index (χ0v) is 17.6. The SMILES string of the molecule is Cc1ccccc1NC(=O)COc1ccc(S(=O)(=O)N[C@H](C)c2ccccc2)cc1. The number of para-hydroxylation sites is 1. The number of hydrogen-bond donors (Lipinski definition) is 2. The van der Waals surface area contributed by atoms with E-state index in [1.807, 2.05) is 61.5 Å². The number of rotatable bonds is 8. The number of nitrogens with one attached hydrogen (secondary N) is 2. The quantitative estimate of drug-likeness (QED) is 0.571. The van der Waals surface area contributed by atoms with Crippen LogP contribution in [-0.4, -0.2) is 20.9 Å². The first-order valence-corrected chi connectivity index (χ1v) is 11.0. The van der Waals surface area contributed by atoms with Crippen molar-refractivity contribution in [3.05, 3.63) is 90.0 Å². The molecule has 2 N–H and O–H groups in total. The van der Waals surface area contributed by atoms with Crippen molar-refractivity contribution in [2.45, 2.75) is 24.8 Å². The minimum atomic E-state index is -3.69. The summed E-state index contributed by atoms with van der Waals surface area (Å²) < 4.78 is 33.4. The number of benzene rings is 3. The number of ether oxygens (including phenoxy) is 1. The molecule has 156 valence electrons. The molecule has 0 aliphatic rings. The van der Waals surface area contributed by atoms with E-state index in [1.165, 1.54) is 24.3 Å². The number of hydrogen-bond acceptors (Lipinski definition) is 4. The molecule has 3 aromatic rings. The standard InChI is InChI=1S/C23H24N2O4S/c1-17-8-6-7-11-22(17)24-23(26)16-29-20-12-14-21(15-13-20)30(27,28)25-18(2)19-9-4-3-5-10-19/h3-15,18,25H,16H2,1-2H3,(H,24,26)/t18-/m1/s1. The number of amides is 1. The Morgan fingerprint density at radius 3 is 2.23 bits per heavy atom. The Bertz CT molecular complexity index is 1100. The highest BCUT2D eigenvalue weighted by Gasteiger charge is 2.18. The van der Waals surface area contributed by atoms with E-state index in [4.69, 9.17) is 4.74 Å². The molecule has 3 rings (SSSR count). The molecule has 0 spiro atoms. The Kier molecular flexibility index (Phi) is 6.87. The Hall–Kier alpha value is -3.16. The van der Waals surface area contributed by atoms with E-state index >= 15 is 0 Å². The first kappa shape index (κ1) is 21.5. The maximum atomic E-state index is 12.6. The lowest BCUT2D eigenvalue weighted by Gasteiger charge is -2.15. The van der Waals surface area contributed by atoms with E-state index in [9.17, 15) is 13.2 Å². The number of carbonyl (C=O) groups is 1. The Morgan fingerprint density at radius 1 is 0.933 bits per heavy atom. The predicted octanol–water partition coefficient (Wildman–Crippen LogP) is 4.05. The largest absolute Gasteiger partial charge is 0.484 e. The van der Waals surface area contributed by atoms with Gasteiger partial charge in [0.1, 0.15) is 5.75 Å². The van der Waals surface area contributed by atoms with Crippen LogP contribution in [0.2, 0.25) is 0 Å². The summed E-state index contributed by atoms with van der Waals surface area (Å²) in [5.41, 5.74) is 2.56. The van der Waals surface area contributed by atoms with Crippen LogP contribution >= 0.6 is 0 Å². The van der Waals surface area contributed by atoms with Gasteiger partial charge in [-0.1, -0.05) is 48.5 Å². The van der Waals surface area contributed by atoms with Crippen molar-refractivity contribution < 1.29 is 17.9 Å². The van der Waals surface area contributed by atoms with E-state index in [-0.39, 0.29) is 23.5 Å². The Morgan fingerprint density at radius 2 is 1.57 bits per heavy atom. The van der Waals surface area contributed by atoms with Gasteiger partial charge in [0, 0.05) is 11.7 Å². The summed E-state index contributed by atoms with van der Waals surface area (Å²) >= 11 is 0. The van der Waals surface area contributed by atoms with Gasteiger partial charge in [0.15, 0.2) is 6.61 Å². The van der Waals surface area contributed by atoms with Crippen molar-refractivity contribution >= 4 is 21.6 Å². The minimum Gasteiger partial charge on any atom is -0.484 e. The predicted molar refractivity (Wildman–Crippen MR) is 117 cm³/mol. The smallest absolute Gasteiger partial charge is 0.262 e. The van der Waals surface area contributed by atoms with E-state index < -0.39 is 10.0 Å².